The highest BCUT2D eigenvalue weighted by atomic mass is 16.5. The molecule has 0 N–H and O–H groups in total. The Kier molecular flexibility index (Phi) is 3.51. The molecule has 80 valence electrons. The summed E-state index contributed by atoms with van der Waals surface area (Å²) >= 11 is 0. The summed E-state index contributed by atoms with van der Waals surface area (Å²) in [7, 11) is 0. The standard InChI is InChI=1S/C13H16O2/c14-13(12-8-9-15-10-12)7-6-11-4-2-1-3-5-11/h1-5,12H,6-10H2. The number of benzene rings is 1. The molecule has 0 bridgehead atoms. The van der Waals surface area contributed by atoms with Crippen LogP contribution in [0, 0.1) is 5.92 Å². The Morgan fingerprint density at radius 2 is 2.13 bits per heavy atom. The second kappa shape index (κ2) is 5.08. The van der Waals surface area contributed by atoms with Crippen LogP contribution in [-0.4, -0.2) is 19.0 Å². The van der Waals surface area contributed by atoms with Crippen molar-refractivity contribution in [1.82, 2.24) is 0 Å². The molecular weight excluding hydrogens is 188 g/mol. The van der Waals surface area contributed by atoms with Gasteiger partial charge in [0.25, 0.3) is 0 Å². The number of aryl methyl sites for hydroxylation is 1. The minimum Gasteiger partial charge on any atom is -0.381 e. The molecule has 2 heteroatoms. The molecular formula is C13H16O2. The summed E-state index contributed by atoms with van der Waals surface area (Å²) in [4.78, 5) is 11.7. The third kappa shape index (κ3) is 2.90. The van der Waals surface area contributed by atoms with E-state index in [1.807, 2.05) is 18.2 Å². The number of hydrogen-bond acceptors (Lipinski definition) is 2. The van der Waals surface area contributed by atoms with E-state index in [1.54, 1.807) is 0 Å². The van der Waals surface area contributed by atoms with Crippen LogP contribution < -0.4 is 0 Å². The van der Waals surface area contributed by atoms with Gasteiger partial charge in [-0.2, -0.15) is 0 Å². The molecule has 0 aliphatic carbocycles. The number of carbonyl (C=O) groups excluding carboxylic acids is 1. The van der Waals surface area contributed by atoms with Crippen LogP contribution >= 0.6 is 0 Å². The molecule has 0 aromatic heterocycles. The minimum atomic E-state index is 0.161. The maximum Gasteiger partial charge on any atom is 0.138 e. The predicted molar refractivity (Wildman–Crippen MR) is 58.7 cm³/mol. The van der Waals surface area contributed by atoms with Crippen LogP contribution in [0.25, 0.3) is 0 Å². The molecule has 2 nitrogen and oxygen atoms in total. The topological polar surface area (TPSA) is 26.3 Å². The smallest absolute Gasteiger partial charge is 0.138 e. The van der Waals surface area contributed by atoms with E-state index in [4.69, 9.17) is 4.74 Å². The van der Waals surface area contributed by atoms with E-state index in [0.29, 0.717) is 18.8 Å². The highest BCUT2D eigenvalue weighted by molar-refractivity contribution is 5.81. The van der Waals surface area contributed by atoms with Gasteiger partial charge in [0.05, 0.1) is 6.61 Å². The van der Waals surface area contributed by atoms with Gasteiger partial charge in [-0.3, -0.25) is 4.79 Å². The zero-order valence-corrected chi connectivity index (χ0v) is 8.82. The molecule has 1 aliphatic heterocycles. The number of carbonyl (C=O) groups is 1. The molecule has 1 unspecified atom stereocenters. The molecule has 1 saturated heterocycles. The average molecular weight is 204 g/mol. The second-order valence-corrected chi connectivity index (χ2v) is 4.01. The fourth-order valence-electron chi connectivity index (χ4n) is 1.90. The van der Waals surface area contributed by atoms with Crippen LogP contribution in [0.15, 0.2) is 30.3 Å². The molecule has 2 rings (SSSR count). The van der Waals surface area contributed by atoms with Gasteiger partial charge in [0.15, 0.2) is 0 Å². The number of ether oxygens (including phenoxy) is 1. The fourth-order valence-corrected chi connectivity index (χ4v) is 1.90. The van der Waals surface area contributed by atoms with Crippen molar-refractivity contribution in [1.29, 1.82) is 0 Å². The summed E-state index contributed by atoms with van der Waals surface area (Å²) < 4.78 is 5.21. The number of Topliss-reactive ketones (excluding diaryl/α,β-unsaturated/α-hetero) is 1. The number of ketones is 1. The van der Waals surface area contributed by atoms with Crippen molar-refractivity contribution in [2.45, 2.75) is 19.3 Å². The van der Waals surface area contributed by atoms with E-state index in [2.05, 4.69) is 12.1 Å². The van der Waals surface area contributed by atoms with Gasteiger partial charge in [0.2, 0.25) is 0 Å². The molecule has 0 amide bonds. The first kappa shape index (κ1) is 10.4. The van der Waals surface area contributed by atoms with E-state index >= 15 is 0 Å². The maximum atomic E-state index is 11.7. The highest BCUT2D eigenvalue weighted by Crippen LogP contribution is 2.16. The summed E-state index contributed by atoms with van der Waals surface area (Å²) in [6, 6.07) is 10.2. The van der Waals surface area contributed by atoms with Gasteiger partial charge in [0, 0.05) is 18.9 Å². The van der Waals surface area contributed by atoms with Gasteiger partial charge in [0.1, 0.15) is 5.78 Å². The van der Waals surface area contributed by atoms with Gasteiger partial charge >= 0.3 is 0 Å². The Bertz CT molecular complexity index is 313. The van der Waals surface area contributed by atoms with Crippen LogP contribution in [0.3, 0.4) is 0 Å². The lowest BCUT2D eigenvalue weighted by atomic mass is 9.97. The maximum absolute atomic E-state index is 11.7. The largest absolute Gasteiger partial charge is 0.381 e. The monoisotopic (exact) mass is 204 g/mol. The van der Waals surface area contributed by atoms with E-state index in [1.165, 1.54) is 5.56 Å². The van der Waals surface area contributed by atoms with Crippen molar-refractivity contribution < 1.29 is 9.53 Å². The van der Waals surface area contributed by atoms with Crippen molar-refractivity contribution >= 4 is 5.78 Å². The van der Waals surface area contributed by atoms with Crippen LogP contribution in [0.5, 0.6) is 0 Å². The van der Waals surface area contributed by atoms with Crippen LogP contribution in [-0.2, 0) is 16.0 Å². The summed E-state index contributed by atoms with van der Waals surface area (Å²) in [5, 5.41) is 0. The molecule has 0 saturated carbocycles. The van der Waals surface area contributed by atoms with Crippen molar-refractivity contribution in [3.63, 3.8) is 0 Å². The molecule has 0 radical (unpaired) electrons. The van der Waals surface area contributed by atoms with E-state index in [-0.39, 0.29) is 5.92 Å². The molecule has 1 fully saturated rings. The normalized spacial score (nSPS) is 20.4. The quantitative estimate of drug-likeness (QED) is 0.751. The van der Waals surface area contributed by atoms with Crippen LogP contribution in [0.4, 0.5) is 0 Å². The van der Waals surface area contributed by atoms with Crippen molar-refractivity contribution in [2.75, 3.05) is 13.2 Å². The lowest BCUT2D eigenvalue weighted by Gasteiger charge is -2.05. The lowest BCUT2D eigenvalue weighted by molar-refractivity contribution is -0.122. The molecule has 1 atom stereocenters. The lowest BCUT2D eigenvalue weighted by Crippen LogP contribution is -2.14. The zero-order chi connectivity index (χ0) is 10.5. The predicted octanol–water partition coefficient (Wildman–Crippen LogP) is 2.22. The third-order valence-corrected chi connectivity index (χ3v) is 2.89. The minimum absolute atomic E-state index is 0.161. The molecule has 0 spiro atoms. The molecule has 1 heterocycles. The summed E-state index contributed by atoms with van der Waals surface area (Å²) in [5.41, 5.74) is 1.24. The first-order chi connectivity index (χ1) is 7.36. The van der Waals surface area contributed by atoms with E-state index < -0.39 is 0 Å². The van der Waals surface area contributed by atoms with E-state index in [0.717, 1.165) is 19.4 Å². The van der Waals surface area contributed by atoms with Gasteiger partial charge in [-0.25, -0.2) is 0 Å². The SMILES string of the molecule is O=C(CCc1ccccc1)C1CCOC1. The Morgan fingerprint density at radius 3 is 2.80 bits per heavy atom. The first-order valence-corrected chi connectivity index (χ1v) is 5.50. The van der Waals surface area contributed by atoms with Gasteiger partial charge in [-0.15, -0.1) is 0 Å². The highest BCUT2D eigenvalue weighted by Gasteiger charge is 2.22. The molecule has 1 aromatic rings. The van der Waals surface area contributed by atoms with Crippen molar-refractivity contribution in [2.24, 2.45) is 5.92 Å². The first-order valence-electron chi connectivity index (χ1n) is 5.50. The van der Waals surface area contributed by atoms with E-state index in [9.17, 15) is 4.79 Å². The summed E-state index contributed by atoms with van der Waals surface area (Å²) in [6.07, 6.45) is 2.42. The van der Waals surface area contributed by atoms with Gasteiger partial charge in [-0.05, 0) is 18.4 Å². The summed E-state index contributed by atoms with van der Waals surface area (Å²) in [6.45, 7) is 1.38. The molecule has 1 aliphatic rings. The Balaban J connectivity index is 1.80. The molecule has 1 aromatic carbocycles. The average Bonchev–Trinajstić information content (AvgIpc) is 2.81. The Morgan fingerprint density at radius 1 is 1.33 bits per heavy atom. The van der Waals surface area contributed by atoms with Gasteiger partial charge < -0.3 is 4.74 Å². The van der Waals surface area contributed by atoms with Crippen molar-refractivity contribution in [3.05, 3.63) is 35.9 Å². The third-order valence-electron chi connectivity index (χ3n) is 2.89. The fraction of sp³-hybridized carbons (Fsp3) is 0.462. The zero-order valence-electron chi connectivity index (χ0n) is 8.82. The second-order valence-electron chi connectivity index (χ2n) is 4.01. The summed E-state index contributed by atoms with van der Waals surface area (Å²) in [5.74, 6) is 0.519. The van der Waals surface area contributed by atoms with Crippen LogP contribution in [0.2, 0.25) is 0 Å². The van der Waals surface area contributed by atoms with Crippen molar-refractivity contribution in [3.8, 4) is 0 Å². The van der Waals surface area contributed by atoms with Crippen LogP contribution in [0.1, 0.15) is 18.4 Å². The number of rotatable bonds is 4. The number of hydrogen-bond donors (Lipinski definition) is 0. The molecule has 15 heavy (non-hydrogen) atoms. The Hall–Kier alpha value is -1.15. The Labute approximate surface area is 90.3 Å². The van der Waals surface area contributed by atoms with Gasteiger partial charge in [-0.1, -0.05) is 30.3 Å².